The molecule has 0 saturated heterocycles. The number of carbonyl (C=O) groups is 2. The molecule has 29 heavy (non-hydrogen) atoms. The van der Waals surface area contributed by atoms with Crippen LogP contribution >= 0.6 is 15.9 Å². The molecule has 2 aromatic rings. The predicted octanol–water partition coefficient (Wildman–Crippen LogP) is 5.91. The third kappa shape index (κ3) is 6.79. The number of nitrogens with zero attached hydrogens (tertiary/aromatic N) is 1. The zero-order valence-corrected chi connectivity index (χ0v) is 19.2. The van der Waals surface area contributed by atoms with Gasteiger partial charge < -0.3 is 5.32 Å². The summed E-state index contributed by atoms with van der Waals surface area (Å²) in [5, 5.41) is 3.00. The lowest BCUT2D eigenvalue weighted by Gasteiger charge is -2.28. The molecular formula is C24H31BrN2O2. The highest BCUT2D eigenvalue weighted by Gasteiger charge is 2.23. The molecule has 1 amide bonds. The Balaban J connectivity index is 2.21. The molecule has 0 heterocycles. The first-order chi connectivity index (χ1) is 14.0. The van der Waals surface area contributed by atoms with Crippen LogP contribution in [0.4, 0.5) is 5.69 Å². The topological polar surface area (TPSA) is 49.4 Å². The van der Waals surface area contributed by atoms with E-state index in [9.17, 15) is 9.59 Å². The van der Waals surface area contributed by atoms with E-state index >= 15 is 0 Å². The molecule has 1 N–H and O–H groups in total. The van der Waals surface area contributed by atoms with E-state index in [4.69, 9.17) is 0 Å². The van der Waals surface area contributed by atoms with Crippen molar-refractivity contribution >= 4 is 33.3 Å². The van der Waals surface area contributed by atoms with Crippen LogP contribution in [0.1, 0.15) is 62.4 Å². The van der Waals surface area contributed by atoms with Gasteiger partial charge in [0, 0.05) is 15.6 Å². The summed E-state index contributed by atoms with van der Waals surface area (Å²) in [6.45, 7) is 8.07. The zero-order chi connectivity index (χ0) is 21.2. The first-order valence-electron chi connectivity index (χ1n) is 10.4. The largest absolute Gasteiger partial charge is 0.324 e. The molecular weight excluding hydrogens is 428 g/mol. The highest BCUT2D eigenvalue weighted by Crippen LogP contribution is 2.24. The van der Waals surface area contributed by atoms with Crippen molar-refractivity contribution in [3.63, 3.8) is 0 Å². The molecule has 0 saturated carbocycles. The van der Waals surface area contributed by atoms with Gasteiger partial charge in [-0.05, 0) is 51.1 Å². The van der Waals surface area contributed by atoms with E-state index in [-0.39, 0.29) is 17.7 Å². The van der Waals surface area contributed by atoms with Gasteiger partial charge in [0.15, 0.2) is 5.78 Å². The fraction of sp³-hybridized carbons (Fsp3) is 0.417. The number of unbranched alkanes of at least 4 members (excludes halogenated alkanes) is 2. The molecule has 0 radical (unpaired) electrons. The lowest BCUT2D eigenvalue weighted by Crippen LogP contribution is -2.43. The quantitative estimate of drug-likeness (QED) is 0.425. The van der Waals surface area contributed by atoms with E-state index in [0.717, 1.165) is 43.2 Å². The minimum atomic E-state index is -0.253. The SMILES string of the molecule is CCCCN(CCCC)C(C)C(=O)Nc1ccc(Br)cc1C(=O)c1ccccc1. The Morgan fingerprint density at radius 2 is 1.62 bits per heavy atom. The van der Waals surface area contributed by atoms with Crippen molar-refractivity contribution < 1.29 is 9.59 Å². The fourth-order valence-corrected chi connectivity index (χ4v) is 3.54. The minimum Gasteiger partial charge on any atom is -0.324 e. The number of nitrogens with one attached hydrogen (secondary N) is 1. The third-order valence-corrected chi connectivity index (χ3v) is 5.54. The molecule has 0 aliphatic heterocycles. The molecule has 5 heteroatoms. The van der Waals surface area contributed by atoms with Gasteiger partial charge in [-0.3, -0.25) is 14.5 Å². The molecule has 2 aromatic carbocycles. The summed E-state index contributed by atoms with van der Waals surface area (Å²) in [6, 6.07) is 14.3. The molecule has 4 nitrogen and oxygen atoms in total. The number of benzene rings is 2. The van der Waals surface area contributed by atoms with Gasteiger partial charge in [-0.1, -0.05) is 73.0 Å². The second-order valence-corrected chi connectivity index (χ2v) is 8.21. The number of hydrogen-bond donors (Lipinski definition) is 1. The van der Waals surface area contributed by atoms with Gasteiger partial charge in [0.2, 0.25) is 5.91 Å². The summed E-state index contributed by atoms with van der Waals surface area (Å²) in [5.41, 5.74) is 1.63. The number of amides is 1. The Bertz CT molecular complexity index is 800. The maximum Gasteiger partial charge on any atom is 0.241 e. The van der Waals surface area contributed by atoms with Crippen molar-refractivity contribution in [2.75, 3.05) is 18.4 Å². The van der Waals surface area contributed by atoms with Crippen LogP contribution in [0.25, 0.3) is 0 Å². The summed E-state index contributed by atoms with van der Waals surface area (Å²) in [6.07, 6.45) is 4.33. The Kier molecular flexibility index (Phi) is 9.55. The first-order valence-corrected chi connectivity index (χ1v) is 11.2. The van der Waals surface area contributed by atoms with E-state index in [1.54, 1.807) is 24.3 Å². The van der Waals surface area contributed by atoms with Crippen LogP contribution in [0.15, 0.2) is 53.0 Å². The van der Waals surface area contributed by atoms with Crippen molar-refractivity contribution in [3.8, 4) is 0 Å². The molecule has 0 bridgehead atoms. The van der Waals surface area contributed by atoms with Crippen LogP contribution in [0.2, 0.25) is 0 Å². The Morgan fingerprint density at radius 3 is 2.21 bits per heavy atom. The monoisotopic (exact) mass is 458 g/mol. The Hall–Kier alpha value is -1.98. The van der Waals surface area contributed by atoms with Gasteiger partial charge in [-0.15, -0.1) is 0 Å². The molecule has 2 rings (SSSR count). The Labute approximate surface area is 182 Å². The summed E-state index contributed by atoms with van der Waals surface area (Å²) >= 11 is 3.44. The lowest BCUT2D eigenvalue weighted by atomic mass is 10.0. The molecule has 1 atom stereocenters. The highest BCUT2D eigenvalue weighted by atomic mass is 79.9. The van der Waals surface area contributed by atoms with Gasteiger partial charge in [0.1, 0.15) is 0 Å². The van der Waals surface area contributed by atoms with Crippen LogP contribution in [-0.4, -0.2) is 35.7 Å². The zero-order valence-electron chi connectivity index (χ0n) is 17.6. The number of ketones is 1. The van der Waals surface area contributed by atoms with E-state index in [1.807, 2.05) is 31.2 Å². The van der Waals surface area contributed by atoms with Gasteiger partial charge in [0.05, 0.1) is 11.7 Å². The summed E-state index contributed by atoms with van der Waals surface area (Å²) in [5.74, 6) is -0.190. The van der Waals surface area contributed by atoms with Crippen LogP contribution in [0.3, 0.4) is 0 Å². The van der Waals surface area contributed by atoms with Crippen molar-refractivity contribution in [3.05, 3.63) is 64.1 Å². The number of halogens is 1. The summed E-state index contributed by atoms with van der Waals surface area (Å²) in [4.78, 5) is 28.2. The predicted molar refractivity (Wildman–Crippen MR) is 123 cm³/mol. The average Bonchev–Trinajstić information content (AvgIpc) is 2.74. The second kappa shape index (κ2) is 11.9. The molecule has 1 unspecified atom stereocenters. The number of hydrogen-bond acceptors (Lipinski definition) is 3. The number of carbonyl (C=O) groups excluding carboxylic acids is 2. The second-order valence-electron chi connectivity index (χ2n) is 7.29. The van der Waals surface area contributed by atoms with Crippen LogP contribution in [0.5, 0.6) is 0 Å². The van der Waals surface area contributed by atoms with Crippen molar-refractivity contribution in [2.45, 2.75) is 52.5 Å². The summed E-state index contributed by atoms with van der Waals surface area (Å²) < 4.78 is 0.801. The van der Waals surface area contributed by atoms with Gasteiger partial charge >= 0.3 is 0 Å². The van der Waals surface area contributed by atoms with Crippen LogP contribution in [0, 0.1) is 0 Å². The lowest BCUT2D eigenvalue weighted by molar-refractivity contribution is -0.120. The normalized spacial score (nSPS) is 12.0. The number of rotatable bonds is 11. The van der Waals surface area contributed by atoms with E-state index in [2.05, 4.69) is 40.0 Å². The maximum atomic E-state index is 13.0. The van der Waals surface area contributed by atoms with E-state index in [1.165, 1.54) is 0 Å². The fourth-order valence-electron chi connectivity index (χ4n) is 3.18. The van der Waals surface area contributed by atoms with E-state index < -0.39 is 0 Å². The molecule has 0 fully saturated rings. The third-order valence-electron chi connectivity index (χ3n) is 5.05. The molecule has 0 aromatic heterocycles. The molecule has 0 aliphatic carbocycles. The molecule has 156 valence electrons. The minimum absolute atomic E-state index is 0.0818. The van der Waals surface area contributed by atoms with Crippen molar-refractivity contribution in [1.82, 2.24) is 4.90 Å². The van der Waals surface area contributed by atoms with Gasteiger partial charge in [0.25, 0.3) is 0 Å². The standard InChI is InChI=1S/C24H31BrN2O2/c1-4-6-15-27(16-7-5-2)18(3)24(29)26-22-14-13-20(25)17-21(22)23(28)19-11-9-8-10-12-19/h8-14,17-18H,4-7,15-16H2,1-3H3,(H,26,29). The molecule has 0 aliphatic rings. The number of anilines is 1. The Morgan fingerprint density at radius 1 is 1.00 bits per heavy atom. The summed E-state index contributed by atoms with van der Waals surface area (Å²) in [7, 11) is 0. The highest BCUT2D eigenvalue weighted by molar-refractivity contribution is 9.10. The van der Waals surface area contributed by atoms with Crippen molar-refractivity contribution in [1.29, 1.82) is 0 Å². The smallest absolute Gasteiger partial charge is 0.241 e. The van der Waals surface area contributed by atoms with Crippen LogP contribution < -0.4 is 5.32 Å². The van der Waals surface area contributed by atoms with Gasteiger partial charge in [-0.25, -0.2) is 0 Å². The first kappa shape index (κ1) is 23.3. The van der Waals surface area contributed by atoms with Crippen LogP contribution in [-0.2, 0) is 4.79 Å². The van der Waals surface area contributed by atoms with E-state index in [0.29, 0.717) is 16.8 Å². The average molecular weight is 459 g/mol. The molecule has 0 spiro atoms. The van der Waals surface area contributed by atoms with Crippen molar-refractivity contribution in [2.24, 2.45) is 0 Å². The maximum absolute atomic E-state index is 13.0. The van der Waals surface area contributed by atoms with Gasteiger partial charge in [-0.2, -0.15) is 0 Å².